The van der Waals surface area contributed by atoms with Crippen molar-refractivity contribution in [2.45, 2.75) is 5.92 Å². The number of rotatable bonds is 4. The molecule has 0 aliphatic carbocycles. The lowest BCUT2D eigenvalue weighted by atomic mass is 9.87. The Bertz CT molecular complexity index is 1450. The molecule has 2 heterocycles. The van der Waals surface area contributed by atoms with E-state index in [0.29, 0.717) is 28.4 Å². The first-order chi connectivity index (χ1) is 16.1. The minimum atomic E-state index is -0.579. The fraction of sp³-hybridized carbons (Fsp3) is 0.0769. The molecular formula is C26H18N2O4S. The number of benzene rings is 3. The van der Waals surface area contributed by atoms with Gasteiger partial charge in [0.1, 0.15) is 23.1 Å². The molecule has 1 aromatic heterocycles. The lowest BCUT2D eigenvalue weighted by molar-refractivity contribution is 0.0733. The molecular weight excluding hydrogens is 436 g/mol. The number of carbonyl (C=O) groups excluding carboxylic acids is 1. The second-order valence-electron chi connectivity index (χ2n) is 7.38. The van der Waals surface area contributed by atoms with Crippen LogP contribution in [-0.2, 0) is 0 Å². The summed E-state index contributed by atoms with van der Waals surface area (Å²) in [6, 6.07) is 23.9. The third kappa shape index (κ3) is 3.56. The third-order valence-corrected chi connectivity index (χ3v) is 6.68. The molecule has 1 atom stereocenters. The molecule has 3 aromatic carbocycles. The second-order valence-corrected chi connectivity index (χ2v) is 8.46. The fourth-order valence-electron chi connectivity index (χ4n) is 3.90. The van der Waals surface area contributed by atoms with Crippen LogP contribution in [0.4, 0.5) is 0 Å². The summed E-state index contributed by atoms with van der Waals surface area (Å²) >= 11 is 1.51. The average Bonchev–Trinajstić information content (AvgIpc) is 3.22. The number of hydrogen-bond donors (Lipinski definition) is 1. The molecule has 0 saturated heterocycles. The molecule has 0 saturated carbocycles. The van der Waals surface area contributed by atoms with Crippen LogP contribution in [-0.4, -0.2) is 13.1 Å². The molecule has 162 valence electrons. The van der Waals surface area contributed by atoms with Gasteiger partial charge in [-0.1, -0.05) is 30.3 Å². The number of nitrogens with two attached hydrogens (primary N) is 1. The van der Waals surface area contributed by atoms with E-state index in [1.165, 1.54) is 11.3 Å². The lowest BCUT2D eigenvalue weighted by Gasteiger charge is -2.25. The summed E-state index contributed by atoms with van der Waals surface area (Å²) in [7, 11) is 1.55. The highest BCUT2D eigenvalue weighted by atomic mass is 32.1. The van der Waals surface area contributed by atoms with Crippen molar-refractivity contribution in [2.75, 3.05) is 7.11 Å². The van der Waals surface area contributed by atoms with Gasteiger partial charge in [0.2, 0.25) is 5.88 Å². The van der Waals surface area contributed by atoms with Gasteiger partial charge in [0.15, 0.2) is 5.75 Å². The van der Waals surface area contributed by atoms with Gasteiger partial charge in [0, 0.05) is 15.6 Å². The minimum Gasteiger partial charge on any atom is -0.497 e. The molecule has 5 rings (SSSR count). The quantitative estimate of drug-likeness (QED) is 0.330. The molecule has 6 nitrogen and oxygen atoms in total. The normalized spacial score (nSPS) is 14.8. The number of methoxy groups -OCH3 is 1. The monoisotopic (exact) mass is 454 g/mol. The molecule has 0 spiro atoms. The van der Waals surface area contributed by atoms with Crippen LogP contribution in [0.1, 0.15) is 26.7 Å². The molecule has 7 heteroatoms. The Hall–Kier alpha value is -4.28. The van der Waals surface area contributed by atoms with E-state index in [1.807, 2.05) is 30.3 Å². The maximum atomic E-state index is 12.8. The molecule has 1 unspecified atom stereocenters. The maximum absolute atomic E-state index is 12.8. The van der Waals surface area contributed by atoms with Gasteiger partial charge in [-0.05, 0) is 42.5 Å². The average molecular weight is 455 g/mol. The molecule has 0 fully saturated rings. The van der Waals surface area contributed by atoms with Crippen molar-refractivity contribution in [1.82, 2.24) is 0 Å². The Morgan fingerprint density at radius 1 is 1.09 bits per heavy atom. The summed E-state index contributed by atoms with van der Waals surface area (Å²) in [5.41, 5.74) is 7.46. The number of thiophene rings is 1. The van der Waals surface area contributed by atoms with E-state index in [1.54, 1.807) is 49.6 Å². The highest BCUT2D eigenvalue weighted by molar-refractivity contribution is 7.19. The van der Waals surface area contributed by atoms with Crippen LogP contribution < -0.4 is 19.9 Å². The van der Waals surface area contributed by atoms with Crippen molar-refractivity contribution in [3.05, 3.63) is 100 Å². The molecule has 1 aliphatic heterocycles. The number of nitrogens with zero attached hydrogens (tertiary/aromatic N) is 1. The molecule has 33 heavy (non-hydrogen) atoms. The van der Waals surface area contributed by atoms with Crippen molar-refractivity contribution in [3.63, 3.8) is 0 Å². The van der Waals surface area contributed by atoms with Crippen molar-refractivity contribution < 1.29 is 19.0 Å². The van der Waals surface area contributed by atoms with Crippen LogP contribution in [0.5, 0.6) is 17.2 Å². The molecule has 2 N–H and O–H groups in total. The summed E-state index contributed by atoms with van der Waals surface area (Å²) in [6.07, 6.45) is 0. The van der Waals surface area contributed by atoms with E-state index >= 15 is 0 Å². The maximum Gasteiger partial charge on any atom is 0.343 e. The van der Waals surface area contributed by atoms with Gasteiger partial charge in [-0.2, -0.15) is 5.26 Å². The van der Waals surface area contributed by atoms with Gasteiger partial charge in [0.25, 0.3) is 0 Å². The first kappa shape index (κ1) is 20.6. The van der Waals surface area contributed by atoms with E-state index in [2.05, 4.69) is 6.07 Å². The number of nitriles is 1. The van der Waals surface area contributed by atoms with Crippen LogP contribution in [0.2, 0.25) is 0 Å². The Balaban J connectivity index is 1.69. The van der Waals surface area contributed by atoms with Crippen LogP contribution in [0, 0.1) is 11.3 Å². The number of hydrogen-bond acceptors (Lipinski definition) is 7. The van der Waals surface area contributed by atoms with E-state index < -0.39 is 11.9 Å². The molecule has 0 radical (unpaired) electrons. The van der Waals surface area contributed by atoms with Gasteiger partial charge < -0.3 is 19.9 Å². The smallest absolute Gasteiger partial charge is 0.343 e. The van der Waals surface area contributed by atoms with E-state index in [-0.39, 0.29) is 11.5 Å². The second kappa shape index (κ2) is 8.34. The molecule has 4 aromatic rings. The Morgan fingerprint density at radius 3 is 2.61 bits per heavy atom. The van der Waals surface area contributed by atoms with Gasteiger partial charge in [-0.15, -0.1) is 11.3 Å². The number of ether oxygens (including phenoxy) is 3. The van der Waals surface area contributed by atoms with Crippen LogP contribution in [0.25, 0.3) is 10.1 Å². The van der Waals surface area contributed by atoms with Gasteiger partial charge >= 0.3 is 5.97 Å². The summed E-state index contributed by atoms with van der Waals surface area (Å²) in [5.74, 6) is 0.447. The number of allylic oxidation sites excluding steroid dienone is 1. The molecule has 1 aliphatic rings. The van der Waals surface area contributed by atoms with Crippen molar-refractivity contribution in [3.8, 4) is 23.3 Å². The predicted octanol–water partition coefficient (Wildman–Crippen LogP) is 5.35. The minimum absolute atomic E-state index is 0.0294. The van der Waals surface area contributed by atoms with E-state index in [4.69, 9.17) is 19.9 Å². The molecule has 0 bridgehead atoms. The highest BCUT2D eigenvalue weighted by Crippen LogP contribution is 2.52. The van der Waals surface area contributed by atoms with Crippen LogP contribution >= 0.6 is 11.3 Å². The van der Waals surface area contributed by atoms with Crippen LogP contribution in [0.3, 0.4) is 0 Å². The van der Waals surface area contributed by atoms with E-state index in [9.17, 15) is 10.1 Å². The van der Waals surface area contributed by atoms with Gasteiger partial charge in [-0.25, -0.2) is 4.79 Å². The Labute approximate surface area is 194 Å². The summed E-state index contributed by atoms with van der Waals surface area (Å²) in [6.45, 7) is 0. The largest absolute Gasteiger partial charge is 0.497 e. The first-order valence-electron chi connectivity index (χ1n) is 10.1. The summed E-state index contributed by atoms with van der Waals surface area (Å²) < 4.78 is 18.1. The van der Waals surface area contributed by atoms with E-state index in [0.717, 1.165) is 15.0 Å². The number of carbonyl (C=O) groups is 1. The number of fused-ring (bicyclic) bond motifs is 3. The van der Waals surface area contributed by atoms with Crippen molar-refractivity contribution >= 4 is 27.4 Å². The van der Waals surface area contributed by atoms with Crippen LogP contribution in [0.15, 0.2) is 84.3 Å². The Morgan fingerprint density at radius 2 is 1.85 bits per heavy atom. The zero-order valence-corrected chi connectivity index (χ0v) is 18.4. The predicted molar refractivity (Wildman–Crippen MR) is 126 cm³/mol. The summed E-state index contributed by atoms with van der Waals surface area (Å²) in [5, 5.41) is 10.9. The first-order valence-corrected chi connectivity index (χ1v) is 11.0. The zero-order valence-electron chi connectivity index (χ0n) is 17.6. The topological polar surface area (TPSA) is 94.6 Å². The zero-order chi connectivity index (χ0) is 22.9. The standard InChI is InChI=1S/C26H18N2O4S/c1-30-16-11-12-20(31-26(29)15-7-3-2-4-8-15)18(13-16)22-19(14-27)25(28)32-23-17-9-5-6-10-21(17)33-24(22)23/h2-13,22H,28H2,1H3. The third-order valence-electron chi connectivity index (χ3n) is 5.46. The van der Waals surface area contributed by atoms with Crippen molar-refractivity contribution in [2.24, 2.45) is 5.73 Å². The molecule has 0 amide bonds. The highest BCUT2D eigenvalue weighted by Gasteiger charge is 2.36. The number of esters is 1. The Kier molecular flexibility index (Phi) is 5.21. The summed E-state index contributed by atoms with van der Waals surface area (Å²) in [4.78, 5) is 13.6. The van der Waals surface area contributed by atoms with Gasteiger partial charge in [0.05, 0.1) is 23.5 Å². The van der Waals surface area contributed by atoms with Crippen molar-refractivity contribution in [1.29, 1.82) is 5.26 Å². The lowest BCUT2D eigenvalue weighted by Crippen LogP contribution is -2.21. The fourth-order valence-corrected chi connectivity index (χ4v) is 5.16. The van der Waals surface area contributed by atoms with Gasteiger partial charge in [-0.3, -0.25) is 0 Å². The SMILES string of the molecule is COc1ccc(OC(=O)c2ccccc2)c(C2C(C#N)=C(N)Oc3c2sc2ccccc32)c1.